The summed E-state index contributed by atoms with van der Waals surface area (Å²) < 4.78 is 0. The lowest BCUT2D eigenvalue weighted by Crippen LogP contribution is -2.24. The molecule has 0 aliphatic heterocycles. The van der Waals surface area contributed by atoms with Crippen LogP contribution in [0.5, 0.6) is 0 Å². The Kier molecular flexibility index (Phi) is 3.64. The summed E-state index contributed by atoms with van der Waals surface area (Å²) in [5.74, 6) is 0.859. The molecule has 0 bridgehead atoms. The average molecular weight is 280 g/mol. The highest BCUT2D eigenvalue weighted by Crippen LogP contribution is 2.13. The molecule has 106 valence electrons. The second-order valence-electron chi connectivity index (χ2n) is 4.95. The van der Waals surface area contributed by atoms with Crippen LogP contribution < -0.4 is 5.32 Å². The van der Waals surface area contributed by atoms with Crippen LogP contribution in [0.3, 0.4) is 0 Å². The van der Waals surface area contributed by atoms with Gasteiger partial charge in [0, 0.05) is 6.20 Å². The van der Waals surface area contributed by atoms with E-state index in [9.17, 15) is 4.79 Å². The van der Waals surface area contributed by atoms with Crippen LogP contribution in [-0.2, 0) is 17.8 Å². The maximum Gasteiger partial charge on any atom is 0.224 e. The third kappa shape index (κ3) is 3.25. The van der Waals surface area contributed by atoms with Crippen molar-refractivity contribution < 1.29 is 4.79 Å². The summed E-state index contributed by atoms with van der Waals surface area (Å²) in [7, 11) is 0. The number of carbonyl (C=O) groups excluding carboxylic acids is 1. The molecule has 2 aromatic heterocycles. The van der Waals surface area contributed by atoms with Gasteiger partial charge in [0.05, 0.1) is 29.7 Å². The summed E-state index contributed by atoms with van der Waals surface area (Å²) >= 11 is 0. The number of hydrogen-bond donors (Lipinski definition) is 2. The number of pyridine rings is 1. The normalized spacial score (nSPS) is 10.7. The first-order valence-corrected chi connectivity index (χ1v) is 6.82. The molecule has 0 unspecified atom stereocenters. The van der Waals surface area contributed by atoms with Gasteiger partial charge in [-0.1, -0.05) is 12.1 Å². The molecule has 3 rings (SSSR count). The summed E-state index contributed by atoms with van der Waals surface area (Å²) in [6, 6.07) is 11.5. The van der Waals surface area contributed by atoms with Gasteiger partial charge in [-0.2, -0.15) is 0 Å². The number of nitrogens with one attached hydrogen (secondary N) is 2. The predicted molar refractivity (Wildman–Crippen MR) is 80.6 cm³/mol. The Morgan fingerprint density at radius 1 is 1.29 bits per heavy atom. The van der Waals surface area contributed by atoms with Crippen molar-refractivity contribution in [3.8, 4) is 0 Å². The number of carbonyl (C=O) groups is 1. The van der Waals surface area contributed by atoms with Crippen molar-refractivity contribution >= 4 is 16.9 Å². The summed E-state index contributed by atoms with van der Waals surface area (Å²) in [6.45, 7) is 2.37. The lowest BCUT2D eigenvalue weighted by Gasteiger charge is -2.05. The maximum atomic E-state index is 12.0. The van der Waals surface area contributed by atoms with Crippen LogP contribution in [0.15, 0.2) is 42.6 Å². The second-order valence-corrected chi connectivity index (χ2v) is 4.95. The Hall–Kier alpha value is -2.69. The van der Waals surface area contributed by atoms with Crippen molar-refractivity contribution in [1.82, 2.24) is 20.3 Å². The van der Waals surface area contributed by atoms with Crippen molar-refractivity contribution in [1.29, 1.82) is 0 Å². The Labute approximate surface area is 122 Å². The molecule has 21 heavy (non-hydrogen) atoms. The number of H-pyrrole nitrogens is 1. The number of amides is 1. The molecule has 0 saturated carbocycles. The zero-order chi connectivity index (χ0) is 14.7. The van der Waals surface area contributed by atoms with E-state index in [4.69, 9.17) is 0 Å². The van der Waals surface area contributed by atoms with E-state index in [0.29, 0.717) is 13.0 Å². The Morgan fingerprint density at radius 3 is 3.00 bits per heavy atom. The van der Waals surface area contributed by atoms with E-state index in [1.165, 1.54) is 0 Å². The van der Waals surface area contributed by atoms with E-state index in [-0.39, 0.29) is 5.91 Å². The van der Waals surface area contributed by atoms with Crippen molar-refractivity contribution in [2.45, 2.75) is 19.9 Å². The number of aromatic amines is 1. The fourth-order valence-corrected chi connectivity index (χ4v) is 2.23. The van der Waals surface area contributed by atoms with E-state index in [2.05, 4.69) is 20.3 Å². The van der Waals surface area contributed by atoms with Crippen molar-refractivity contribution in [2.24, 2.45) is 0 Å². The van der Waals surface area contributed by atoms with E-state index < -0.39 is 0 Å². The molecule has 5 heteroatoms. The minimum Gasteiger partial charge on any atom is -0.350 e. The number of aryl methyl sites for hydroxylation is 1. The first kappa shape index (κ1) is 13.3. The van der Waals surface area contributed by atoms with Crippen molar-refractivity contribution in [3.05, 3.63) is 59.7 Å². The van der Waals surface area contributed by atoms with Gasteiger partial charge in [-0.3, -0.25) is 9.78 Å². The van der Waals surface area contributed by atoms with Gasteiger partial charge in [0.15, 0.2) is 0 Å². The molecule has 0 aliphatic rings. The zero-order valence-corrected chi connectivity index (χ0v) is 11.8. The number of nitrogens with zero attached hydrogens (tertiary/aromatic N) is 2. The third-order valence-corrected chi connectivity index (χ3v) is 3.22. The topological polar surface area (TPSA) is 70.7 Å². The van der Waals surface area contributed by atoms with E-state index in [0.717, 1.165) is 28.1 Å². The first-order chi connectivity index (χ1) is 10.2. The summed E-state index contributed by atoms with van der Waals surface area (Å²) in [4.78, 5) is 23.7. The van der Waals surface area contributed by atoms with Crippen molar-refractivity contribution in [2.75, 3.05) is 0 Å². The smallest absolute Gasteiger partial charge is 0.224 e. The second kappa shape index (κ2) is 5.75. The minimum atomic E-state index is -0.0174. The molecule has 5 nitrogen and oxygen atoms in total. The lowest BCUT2D eigenvalue weighted by atomic mass is 10.1. The average Bonchev–Trinajstić information content (AvgIpc) is 2.85. The van der Waals surface area contributed by atoms with Crippen LogP contribution in [0.1, 0.15) is 17.1 Å². The molecular formula is C16H16N4O. The molecule has 0 fully saturated rings. The standard InChI is InChI=1S/C16H16N4O/c1-11-19-14-6-5-12(8-15(14)20-11)9-16(21)18-10-13-4-2-3-7-17-13/h2-8H,9-10H2,1H3,(H,18,21)(H,19,20). The van der Waals surface area contributed by atoms with Gasteiger partial charge in [0.1, 0.15) is 5.82 Å². The monoisotopic (exact) mass is 280 g/mol. The quantitative estimate of drug-likeness (QED) is 0.769. The molecule has 1 amide bonds. The highest BCUT2D eigenvalue weighted by atomic mass is 16.1. The van der Waals surface area contributed by atoms with Gasteiger partial charge in [0.2, 0.25) is 5.91 Å². The highest BCUT2D eigenvalue weighted by molar-refractivity contribution is 5.81. The SMILES string of the molecule is Cc1nc2ccc(CC(=O)NCc3ccccn3)cc2[nH]1. The highest BCUT2D eigenvalue weighted by Gasteiger charge is 2.06. The van der Waals surface area contributed by atoms with Crippen LogP contribution >= 0.6 is 0 Å². The van der Waals surface area contributed by atoms with Crippen molar-refractivity contribution in [3.63, 3.8) is 0 Å². The zero-order valence-electron chi connectivity index (χ0n) is 11.8. The van der Waals surface area contributed by atoms with Gasteiger partial charge in [-0.25, -0.2) is 4.98 Å². The van der Waals surface area contributed by atoms with Crippen LogP contribution in [0.25, 0.3) is 11.0 Å². The first-order valence-electron chi connectivity index (χ1n) is 6.82. The van der Waals surface area contributed by atoms with Gasteiger partial charge in [-0.05, 0) is 36.8 Å². The number of hydrogen-bond acceptors (Lipinski definition) is 3. The van der Waals surface area contributed by atoms with Gasteiger partial charge in [-0.15, -0.1) is 0 Å². The van der Waals surface area contributed by atoms with E-state index >= 15 is 0 Å². The fourth-order valence-electron chi connectivity index (χ4n) is 2.23. The fraction of sp³-hybridized carbons (Fsp3) is 0.188. The number of imidazole rings is 1. The summed E-state index contributed by atoms with van der Waals surface area (Å²) in [6.07, 6.45) is 2.07. The van der Waals surface area contributed by atoms with Crippen LogP contribution in [0, 0.1) is 6.92 Å². The molecule has 0 atom stereocenters. The number of rotatable bonds is 4. The van der Waals surface area contributed by atoms with E-state index in [1.54, 1.807) is 6.20 Å². The molecular weight excluding hydrogens is 264 g/mol. The van der Waals surface area contributed by atoms with Crippen LogP contribution in [0.2, 0.25) is 0 Å². The molecule has 3 aromatic rings. The lowest BCUT2D eigenvalue weighted by molar-refractivity contribution is -0.120. The predicted octanol–water partition coefficient (Wildman–Crippen LogP) is 2.13. The summed E-state index contributed by atoms with van der Waals surface area (Å²) in [5, 5.41) is 2.87. The number of aromatic nitrogens is 3. The Balaban J connectivity index is 1.63. The molecule has 2 N–H and O–H groups in total. The van der Waals surface area contributed by atoms with Crippen LogP contribution in [-0.4, -0.2) is 20.9 Å². The van der Waals surface area contributed by atoms with Gasteiger partial charge < -0.3 is 10.3 Å². The van der Waals surface area contributed by atoms with Gasteiger partial charge in [0.25, 0.3) is 0 Å². The maximum absolute atomic E-state index is 12.0. The Morgan fingerprint density at radius 2 is 2.19 bits per heavy atom. The largest absolute Gasteiger partial charge is 0.350 e. The molecule has 0 saturated heterocycles. The Bertz CT molecular complexity index is 764. The summed E-state index contributed by atoms with van der Waals surface area (Å²) in [5.41, 5.74) is 3.70. The number of benzene rings is 1. The molecule has 0 aliphatic carbocycles. The van der Waals surface area contributed by atoms with E-state index in [1.807, 2.05) is 43.3 Å². The van der Waals surface area contributed by atoms with Crippen LogP contribution in [0.4, 0.5) is 0 Å². The molecule has 0 radical (unpaired) electrons. The van der Waals surface area contributed by atoms with Gasteiger partial charge >= 0.3 is 0 Å². The minimum absolute atomic E-state index is 0.0174. The number of fused-ring (bicyclic) bond motifs is 1. The molecule has 0 spiro atoms. The third-order valence-electron chi connectivity index (χ3n) is 3.22. The molecule has 1 aromatic carbocycles. The molecule has 2 heterocycles.